The van der Waals surface area contributed by atoms with Gasteiger partial charge in [-0.2, -0.15) is 0 Å². The van der Waals surface area contributed by atoms with Crippen LogP contribution in [0.1, 0.15) is 17.5 Å². The zero-order valence-electron chi connectivity index (χ0n) is 18.2. The van der Waals surface area contributed by atoms with Gasteiger partial charge in [-0.25, -0.2) is 0 Å². The van der Waals surface area contributed by atoms with Crippen molar-refractivity contribution < 1.29 is 14.3 Å². The molecule has 5 heteroatoms. The van der Waals surface area contributed by atoms with E-state index in [1.807, 2.05) is 77.7 Å². The van der Waals surface area contributed by atoms with Crippen molar-refractivity contribution in [1.82, 2.24) is 4.90 Å². The van der Waals surface area contributed by atoms with Gasteiger partial charge in [0.2, 0.25) is 11.8 Å². The fraction of sp³-hybridized carbons (Fsp3) is 0.259. The minimum absolute atomic E-state index is 0.0463. The normalized spacial score (nSPS) is 17.9. The number of carbonyl (C=O) groups is 2. The van der Waals surface area contributed by atoms with Crippen molar-refractivity contribution in [3.05, 3.63) is 96.1 Å². The molecular formula is C27H28N2O3. The van der Waals surface area contributed by atoms with Crippen molar-refractivity contribution in [2.45, 2.75) is 19.4 Å². The first kappa shape index (κ1) is 21.6. The fourth-order valence-electron chi connectivity index (χ4n) is 4.34. The van der Waals surface area contributed by atoms with Gasteiger partial charge in [0.25, 0.3) is 0 Å². The number of amides is 2. The number of hydrogen-bond acceptors (Lipinski definition) is 3. The Morgan fingerprint density at radius 3 is 2.25 bits per heavy atom. The molecule has 0 radical (unpaired) electrons. The van der Waals surface area contributed by atoms with Crippen LogP contribution in [0.3, 0.4) is 0 Å². The van der Waals surface area contributed by atoms with Gasteiger partial charge >= 0.3 is 0 Å². The summed E-state index contributed by atoms with van der Waals surface area (Å²) in [5.74, 6) is 0.463. The molecule has 3 aromatic carbocycles. The molecule has 3 aromatic rings. The highest BCUT2D eigenvalue weighted by Crippen LogP contribution is 2.32. The lowest BCUT2D eigenvalue weighted by Crippen LogP contribution is -2.29. The van der Waals surface area contributed by atoms with Gasteiger partial charge in [0.15, 0.2) is 0 Å². The lowest BCUT2D eigenvalue weighted by molar-refractivity contribution is -0.133. The maximum atomic E-state index is 13.3. The predicted octanol–water partition coefficient (Wildman–Crippen LogP) is 4.54. The van der Waals surface area contributed by atoms with E-state index in [2.05, 4.69) is 17.4 Å². The summed E-state index contributed by atoms with van der Waals surface area (Å²) in [7, 11) is 1.64. The molecule has 32 heavy (non-hydrogen) atoms. The maximum Gasteiger partial charge on any atom is 0.226 e. The van der Waals surface area contributed by atoms with Crippen LogP contribution in [0.25, 0.3) is 0 Å². The van der Waals surface area contributed by atoms with E-state index in [1.54, 1.807) is 7.11 Å². The van der Waals surface area contributed by atoms with Crippen LogP contribution in [-0.2, 0) is 22.6 Å². The third-order valence-corrected chi connectivity index (χ3v) is 5.99. The van der Waals surface area contributed by atoms with Gasteiger partial charge in [-0.3, -0.25) is 9.59 Å². The molecule has 0 aromatic heterocycles. The van der Waals surface area contributed by atoms with E-state index in [4.69, 9.17) is 4.74 Å². The Bertz CT molecular complexity index is 1040. The van der Waals surface area contributed by atoms with E-state index >= 15 is 0 Å². The molecule has 1 aliphatic rings. The molecule has 1 aliphatic heterocycles. The lowest BCUT2D eigenvalue weighted by Gasteiger charge is -2.17. The second kappa shape index (κ2) is 10.1. The number of benzene rings is 3. The topological polar surface area (TPSA) is 58.6 Å². The average Bonchev–Trinajstić information content (AvgIpc) is 3.09. The van der Waals surface area contributed by atoms with Crippen LogP contribution >= 0.6 is 0 Å². The first-order valence-corrected chi connectivity index (χ1v) is 10.9. The lowest BCUT2D eigenvalue weighted by atomic mass is 9.87. The van der Waals surface area contributed by atoms with E-state index < -0.39 is 0 Å². The molecule has 1 heterocycles. The minimum Gasteiger partial charge on any atom is -0.497 e. The van der Waals surface area contributed by atoms with Crippen LogP contribution in [-0.4, -0.2) is 30.4 Å². The first-order chi connectivity index (χ1) is 15.6. The summed E-state index contributed by atoms with van der Waals surface area (Å²) in [5.41, 5.74) is 2.98. The average molecular weight is 429 g/mol. The molecular weight excluding hydrogens is 400 g/mol. The highest BCUT2D eigenvalue weighted by molar-refractivity contribution is 5.94. The number of methoxy groups -OCH3 is 1. The molecule has 0 spiro atoms. The molecule has 0 unspecified atom stereocenters. The summed E-state index contributed by atoms with van der Waals surface area (Å²) in [6.45, 7) is 1.17. The van der Waals surface area contributed by atoms with Gasteiger partial charge in [0.05, 0.1) is 13.0 Å². The molecule has 1 N–H and O–H groups in total. The van der Waals surface area contributed by atoms with Crippen LogP contribution < -0.4 is 10.1 Å². The number of ether oxygens (including phenoxy) is 1. The molecule has 0 bridgehead atoms. The third-order valence-electron chi connectivity index (χ3n) is 5.99. The standard InChI is InChI=1S/C27H28N2O3/c1-32-24-14-12-21(13-15-24)18-29-19-22(16-20-8-4-2-5-9-20)25(27(29)31)17-26(30)28-23-10-6-3-7-11-23/h2-15,22,25H,16-19H2,1H3,(H,28,30)/t22-,25+/m1/s1. The number of nitrogens with one attached hydrogen (secondary N) is 1. The Balaban J connectivity index is 1.48. The van der Waals surface area contributed by atoms with Crippen LogP contribution in [0, 0.1) is 11.8 Å². The van der Waals surface area contributed by atoms with Crippen molar-refractivity contribution in [2.75, 3.05) is 19.0 Å². The summed E-state index contributed by atoms with van der Waals surface area (Å²) in [6.07, 6.45) is 0.958. The van der Waals surface area contributed by atoms with E-state index in [9.17, 15) is 9.59 Å². The van der Waals surface area contributed by atoms with Gasteiger partial charge in [0, 0.05) is 25.2 Å². The number of nitrogens with zero attached hydrogens (tertiary/aromatic N) is 1. The van der Waals surface area contributed by atoms with Gasteiger partial charge in [-0.15, -0.1) is 0 Å². The Morgan fingerprint density at radius 2 is 1.59 bits per heavy atom. The number of likely N-dealkylation sites (tertiary alicyclic amines) is 1. The molecule has 2 atom stereocenters. The Hall–Kier alpha value is -3.60. The minimum atomic E-state index is -0.336. The largest absolute Gasteiger partial charge is 0.497 e. The smallest absolute Gasteiger partial charge is 0.226 e. The van der Waals surface area contributed by atoms with Crippen molar-refractivity contribution in [3.63, 3.8) is 0 Å². The predicted molar refractivity (Wildman–Crippen MR) is 125 cm³/mol. The SMILES string of the molecule is COc1ccc(CN2C[C@@H](Cc3ccccc3)[C@H](CC(=O)Nc3ccccc3)C2=O)cc1. The Kier molecular flexibility index (Phi) is 6.85. The van der Waals surface area contributed by atoms with Gasteiger partial charge in [-0.1, -0.05) is 60.7 Å². The van der Waals surface area contributed by atoms with Crippen molar-refractivity contribution in [1.29, 1.82) is 0 Å². The van der Waals surface area contributed by atoms with Crippen LogP contribution in [0.2, 0.25) is 0 Å². The summed E-state index contributed by atoms with van der Waals surface area (Å²) in [6, 6.07) is 27.3. The molecule has 1 fully saturated rings. The molecule has 164 valence electrons. The first-order valence-electron chi connectivity index (χ1n) is 10.9. The highest BCUT2D eigenvalue weighted by atomic mass is 16.5. The Morgan fingerprint density at radius 1 is 0.938 bits per heavy atom. The fourth-order valence-corrected chi connectivity index (χ4v) is 4.34. The maximum absolute atomic E-state index is 13.3. The van der Waals surface area contributed by atoms with Crippen LogP contribution in [0.15, 0.2) is 84.9 Å². The van der Waals surface area contributed by atoms with E-state index in [0.29, 0.717) is 13.1 Å². The summed E-state index contributed by atoms with van der Waals surface area (Å²) in [4.78, 5) is 28.0. The summed E-state index contributed by atoms with van der Waals surface area (Å²) >= 11 is 0. The van der Waals surface area contributed by atoms with Gasteiger partial charge in [0.1, 0.15) is 5.75 Å². The number of rotatable bonds is 8. The van der Waals surface area contributed by atoms with Crippen molar-refractivity contribution in [3.8, 4) is 5.75 Å². The molecule has 5 nitrogen and oxygen atoms in total. The van der Waals surface area contributed by atoms with E-state index in [1.165, 1.54) is 5.56 Å². The van der Waals surface area contributed by atoms with Crippen molar-refractivity contribution >= 4 is 17.5 Å². The van der Waals surface area contributed by atoms with Crippen LogP contribution in [0.5, 0.6) is 5.75 Å². The van der Waals surface area contributed by atoms with E-state index in [0.717, 1.165) is 23.4 Å². The molecule has 0 aliphatic carbocycles. The van der Waals surface area contributed by atoms with Gasteiger partial charge < -0.3 is 15.0 Å². The molecule has 2 amide bonds. The number of hydrogen-bond donors (Lipinski definition) is 1. The summed E-state index contributed by atoms with van der Waals surface area (Å²) < 4.78 is 5.23. The zero-order valence-corrected chi connectivity index (χ0v) is 18.2. The highest BCUT2D eigenvalue weighted by Gasteiger charge is 2.41. The zero-order chi connectivity index (χ0) is 22.3. The quantitative estimate of drug-likeness (QED) is 0.573. The second-order valence-electron chi connectivity index (χ2n) is 8.24. The molecule has 1 saturated heterocycles. The second-order valence-corrected chi connectivity index (χ2v) is 8.24. The molecule has 4 rings (SSSR count). The monoisotopic (exact) mass is 428 g/mol. The third kappa shape index (κ3) is 5.35. The number of para-hydroxylation sites is 1. The Labute approximate surface area is 189 Å². The van der Waals surface area contributed by atoms with E-state index in [-0.39, 0.29) is 30.1 Å². The molecule has 0 saturated carbocycles. The summed E-state index contributed by atoms with van der Waals surface area (Å²) in [5, 5.41) is 2.93. The van der Waals surface area contributed by atoms with Crippen LogP contribution in [0.4, 0.5) is 5.69 Å². The van der Waals surface area contributed by atoms with Gasteiger partial charge in [-0.05, 0) is 47.7 Å². The number of anilines is 1. The van der Waals surface area contributed by atoms with Crippen molar-refractivity contribution in [2.24, 2.45) is 11.8 Å². The number of carbonyl (C=O) groups excluding carboxylic acids is 2.